The highest BCUT2D eigenvalue weighted by Gasteiger charge is 2.38. The van der Waals surface area contributed by atoms with Crippen LogP contribution in [0.15, 0.2) is 0 Å². The smallest absolute Gasteiger partial charge is 0.323 e. The molecule has 0 saturated heterocycles. The molecule has 2 unspecified atom stereocenters. The van der Waals surface area contributed by atoms with Crippen molar-refractivity contribution in [1.82, 2.24) is 4.90 Å². The van der Waals surface area contributed by atoms with Crippen LogP contribution < -0.4 is 5.73 Å². The number of amides is 1. The first-order chi connectivity index (χ1) is 20.4. The summed E-state index contributed by atoms with van der Waals surface area (Å²) in [6.45, 7) is 10.0. The molecule has 0 bridgehead atoms. The molecule has 0 aromatic carbocycles. The molecule has 1 aliphatic rings. The Morgan fingerprint density at radius 3 is 1.57 bits per heavy atom. The van der Waals surface area contributed by atoms with Crippen molar-refractivity contribution in [2.45, 2.75) is 181 Å². The first kappa shape index (κ1) is 38.4. The van der Waals surface area contributed by atoms with Crippen LogP contribution in [-0.4, -0.2) is 54.6 Å². The van der Waals surface area contributed by atoms with Gasteiger partial charge in [0, 0.05) is 5.41 Å². The summed E-state index contributed by atoms with van der Waals surface area (Å²) in [6, 6.07) is -0.878. The molecule has 1 rings (SSSR count). The van der Waals surface area contributed by atoms with Crippen molar-refractivity contribution in [3.8, 4) is 0 Å². The number of unbranched alkanes of at least 4 members (excludes halogenated alkanes) is 9. The number of hydrogen-bond acceptors (Lipinski definition) is 6. The predicted molar refractivity (Wildman–Crippen MR) is 172 cm³/mol. The molecule has 0 radical (unpaired) electrons. The van der Waals surface area contributed by atoms with E-state index in [9.17, 15) is 14.4 Å². The lowest BCUT2D eigenvalue weighted by atomic mass is 9.70. The summed E-state index contributed by atoms with van der Waals surface area (Å²) in [5.41, 5.74) is 5.53. The van der Waals surface area contributed by atoms with Gasteiger partial charge in [-0.05, 0) is 57.9 Å². The molecule has 0 aromatic heterocycles. The lowest BCUT2D eigenvalue weighted by Gasteiger charge is -2.36. The summed E-state index contributed by atoms with van der Waals surface area (Å²) in [6.07, 6.45) is 21.5. The number of hydrogen-bond donors (Lipinski definition) is 1. The van der Waals surface area contributed by atoms with Crippen LogP contribution >= 0.6 is 0 Å². The van der Waals surface area contributed by atoms with Gasteiger partial charge in [-0.25, -0.2) is 0 Å². The average molecular weight is 595 g/mol. The Morgan fingerprint density at radius 2 is 1.12 bits per heavy atom. The minimum atomic E-state index is -0.439. The van der Waals surface area contributed by atoms with E-state index in [1.54, 1.807) is 0 Å². The van der Waals surface area contributed by atoms with Gasteiger partial charge in [0.25, 0.3) is 0 Å². The van der Waals surface area contributed by atoms with Crippen molar-refractivity contribution < 1.29 is 23.9 Å². The van der Waals surface area contributed by atoms with E-state index < -0.39 is 12.1 Å². The topological polar surface area (TPSA) is 98.9 Å². The van der Waals surface area contributed by atoms with E-state index in [2.05, 4.69) is 32.6 Å². The van der Waals surface area contributed by atoms with E-state index in [0.717, 1.165) is 122 Å². The number of esters is 2. The Hall–Kier alpha value is -1.63. The Kier molecular flexibility index (Phi) is 21.7. The second-order valence-electron chi connectivity index (χ2n) is 12.7. The summed E-state index contributed by atoms with van der Waals surface area (Å²) in [5.74, 6) is -0.531. The van der Waals surface area contributed by atoms with Crippen LogP contribution in [0.2, 0.25) is 0 Å². The maximum absolute atomic E-state index is 13.4. The van der Waals surface area contributed by atoms with Crippen molar-refractivity contribution in [3.05, 3.63) is 0 Å². The summed E-state index contributed by atoms with van der Waals surface area (Å²) < 4.78 is 11.6. The first-order valence-corrected chi connectivity index (χ1v) is 17.8. The molecule has 2 atom stereocenters. The minimum absolute atomic E-state index is 0.125. The molecule has 0 spiro atoms. The van der Waals surface area contributed by atoms with Crippen LogP contribution in [0.25, 0.3) is 0 Å². The third-order valence-electron chi connectivity index (χ3n) is 9.11. The van der Waals surface area contributed by atoms with E-state index in [1.807, 2.05) is 0 Å². The quantitative estimate of drug-likeness (QED) is 0.0799. The lowest BCUT2D eigenvalue weighted by Crippen LogP contribution is -2.52. The molecule has 1 saturated carbocycles. The van der Waals surface area contributed by atoms with Crippen LogP contribution in [0, 0.1) is 5.41 Å². The van der Waals surface area contributed by atoms with Gasteiger partial charge in [0.05, 0.1) is 13.2 Å². The molecule has 1 amide bonds. The Labute approximate surface area is 258 Å². The molecule has 0 aromatic rings. The number of nitrogens with zero attached hydrogens (tertiary/aromatic N) is 1. The van der Waals surface area contributed by atoms with Crippen LogP contribution in [-0.2, 0) is 23.9 Å². The van der Waals surface area contributed by atoms with Crippen molar-refractivity contribution in [2.75, 3.05) is 19.8 Å². The van der Waals surface area contributed by atoms with Gasteiger partial charge in [-0.2, -0.15) is 0 Å². The predicted octanol–water partition coefficient (Wildman–Crippen LogP) is 8.26. The van der Waals surface area contributed by atoms with E-state index in [4.69, 9.17) is 15.2 Å². The summed E-state index contributed by atoms with van der Waals surface area (Å²) in [7, 11) is 0. The van der Waals surface area contributed by atoms with E-state index in [-0.39, 0.29) is 23.3 Å². The maximum Gasteiger partial charge on any atom is 0.323 e. The molecule has 7 heteroatoms. The van der Waals surface area contributed by atoms with Gasteiger partial charge in [-0.3, -0.25) is 19.3 Å². The molecule has 1 fully saturated rings. The van der Waals surface area contributed by atoms with Crippen molar-refractivity contribution in [3.63, 3.8) is 0 Å². The van der Waals surface area contributed by atoms with Crippen molar-refractivity contribution in [2.24, 2.45) is 11.1 Å². The Morgan fingerprint density at radius 1 is 0.643 bits per heavy atom. The number of ether oxygens (including phenoxy) is 2. The summed E-state index contributed by atoms with van der Waals surface area (Å²) in [5, 5.41) is 0. The standard InChI is InChI=1S/C35H66N2O5/c1-5-9-11-20-28-41-32(38)30(22-7-3)37(31(23-8-4)33(39)42-29-21-12-10-6-2)27-19-14-13-16-24-35(34(36)40)25-17-15-18-26-35/h30-31H,5-29H2,1-4H3,(H2,36,40). The van der Waals surface area contributed by atoms with Gasteiger partial charge < -0.3 is 15.2 Å². The van der Waals surface area contributed by atoms with Gasteiger partial charge in [0.15, 0.2) is 0 Å². The van der Waals surface area contributed by atoms with Gasteiger partial charge in [0.2, 0.25) is 5.91 Å². The fourth-order valence-corrected chi connectivity index (χ4v) is 6.47. The fourth-order valence-electron chi connectivity index (χ4n) is 6.47. The molecule has 0 aliphatic heterocycles. The SMILES string of the molecule is CCCCCCOC(=O)C(CCC)N(CCCCCCC1(C(N)=O)CCCCC1)C(CCC)C(=O)OCCCCCC. The second kappa shape index (κ2) is 23.8. The summed E-state index contributed by atoms with van der Waals surface area (Å²) >= 11 is 0. The van der Waals surface area contributed by atoms with Gasteiger partial charge >= 0.3 is 11.9 Å². The Bertz CT molecular complexity index is 686. The van der Waals surface area contributed by atoms with E-state index >= 15 is 0 Å². The monoisotopic (exact) mass is 594 g/mol. The normalized spacial score (nSPS) is 16.2. The number of nitrogens with two attached hydrogens (primary N) is 1. The maximum atomic E-state index is 13.4. The minimum Gasteiger partial charge on any atom is -0.465 e. The van der Waals surface area contributed by atoms with Crippen molar-refractivity contribution in [1.29, 1.82) is 0 Å². The van der Waals surface area contributed by atoms with Gasteiger partial charge in [0.1, 0.15) is 12.1 Å². The zero-order valence-electron chi connectivity index (χ0n) is 27.9. The number of carbonyl (C=O) groups excluding carboxylic acids is 3. The third-order valence-corrected chi connectivity index (χ3v) is 9.11. The zero-order valence-corrected chi connectivity index (χ0v) is 27.9. The largest absolute Gasteiger partial charge is 0.465 e. The number of primary amides is 1. The second-order valence-corrected chi connectivity index (χ2v) is 12.7. The number of rotatable bonds is 26. The Balaban J connectivity index is 2.88. The van der Waals surface area contributed by atoms with Crippen LogP contribution in [0.3, 0.4) is 0 Å². The van der Waals surface area contributed by atoms with Gasteiger partial charge in [-0.15, -0.1) is 0 Å². The molecular weight excluding hydrogens is 528 g/mol. The molecule has 246 valence electrons. The highest BCUT2D eigenvalue weighted by Crippen LogP contribution is 2.40. The van der Waals surface area contributed by atoms with E-state index in [0.29, 0.717) is 32.6 Å². The average Bonchev–Trinajstić information content (AvgIpc) is 2.99. The van der Waals surface area contributed by atoms with Crippen molar-refractivity contribution >= 4 is 17.8 Å². The number of carbonyl (C=O) groups is 3. The molecule has 42 heavy (non-hydrogen) atoms. The lowest BCUT2D eigenvalue weighted by molar-refractivity contribution is -0.158. The summed E-state index contributed by atoms with van der Waals surface area (Å²) in [4.78, 5) is 41.2. The van der Waals surface area contributed by atoms with Gasteiger partial charge in [-0.1, -0.05) is 118 Å². The van der Waals surface area contributed by atoms with Crippen LogP contribution in [0.4, 0.5) is 0 Å². The molecule has 1 aliphatic carbocycles. The highest BCUT2D eigenvalue weighted by molar-refractivity contribution is 5.81. The molecule has 7 nitrogen and oxygen atoms in total. The van der Waals surface area contributed by atoms with Crippen LogP contribution in [0.5, 0.6) is 0 Å². The van der Waals surface area contributed by atoms with Crippen LogP contribution in [0.1, 0.15) is 169 Å². The zero-order chi connectivity index (χ0) is 31.1. The first-order valence-electron chi connectivity index (χ1n) is 17.8. The fraction of sp³-hybridized carbons (Fsp3) is 0.914. The third kappa shape index (κ3) is 14.7. The molecular formula is C35H66N2O5. The highest BCUT2D eigenvalue weighted by atomic mass is 16.5. The molecule has 2 N–H and O–H groups in total. The molecule has 0 heterocycles. The van der Waals surface area contributed by atoms with E-state index in [1.165, 1.54) is 6.42 Å².